The number of nitrogens with zero attached hydrogens (tertiary/aromatic N) is 1. The molecule has 2 N–H and O–H groups in total. The summed E-state index contributed by atoms with van der Waals surface area (Å²) in [6, 6.07) is 5.66. The average molecular weight is 262 g/mol. The summed E-state index contributed by atoms with van der Waals surface area (Å²) >= 11 is 0. The van der Waals surface area contributed by atoms with Gasteiger partial charge >= 0.3 is 0 Å². The Kier molecular flexibility index (Phi) is 5.01. The zero-order valence-electron chi connectivity index (χ0n) is 12.3. The monoisotopic (exact) mass is 262 g/mol. The fourth-order valence-corrected chi connectivity index (χ4v) is 2.05. The van der Waals surface area contributed by atoms with Crippen molar-refractivity contribution in [2.45, 2.75) is 39.4 Å². The molecule has 0 amide bonds. The average Bonchev–Trinajstić information content (AvgIpc) is 2.29. The molecule has 0 aromatic heterocycles. The lowest BCUT2D eigenvalue weighted by Gasteiger charge is -2.19. The lowest BCUT2D eigenvalue weighted by Crippen LogP contribution is -2.28. The Hall–Kier alpha value is -1.48. The number of allylic oxidation sites excluding steroid dienone is 1. The Morgan fingerprint density at radius 3 is 2.53 bits per heavy atom. The molecule has 3 heteroatoms. The summed E-state index contributed by atoms with van der Waals surface area (Å²) in [5.41, 5.74) is 9.93. The molecule has 1 atom stereocenters. The number of hydrogen-bond acceptors (Lipinski definition) is 2. The van der Waals surface area contributed by atoms with Crippen LogP contribution in [0.4, 0.5) is 4.39 Å². The molecule has 1 rings (SSSR count). The summed E-state index contributed by atoms with van der Waals surface area (Å²) in [5.74, 6) is -1.83. The van der Waals surface area contributed by atoms with Crippen LogP contribution in [0.2, 0.25) is 0 Å². The normalized spacial score (nSPS) is 15.2. The second-order valence-corrected chi connectivity index (χ2v) is 5.23. The molecule has 1 unspecified atom stereocenters. The SMILES string of the molecule is C=C(C)CCC(=NC)c1ccc(C)c(C(C)(N)F)c1. The summed E-state index contributed by atoms with van der Waals surface area (Å²) < 4.78 is 14.0. The van der Waals surface area contributed by atoms with E-state index < -0.39 is 5.79 Å². The lowest BCUT2D eigenvalue weighted by atomic mass is 9.95. The Morgan fingerprint density at radius 1 is 1.42 bits per heavy atom. The van der Waals surface area contributed by atoms with Crippen LogP contribution in [0.25, 0.3) is 0 Å². The first kappa shape index (κ1) is 15.6. The largest absolute Gasteiger partial charge is 0.296 e. The van der Waals surface area contributed by atoms with E-state index in [2.05, 4.69) is 11.6 Å². The van der Waals surface area contributed by atoms with Gasteiger partial charge in [-0.05, 0) is 50.8 Å². The van der Waals surface area contributed by atoms with Gasteiger partial charge in [-0.25, -0.2) is 4.39 Å². The standard InChI is InChI=1S/C16H23FN2/c1-11(2)6-9-15(19-5)13-8-7-12(3)14(10-13)16(4,17)18/h7-8,10H,1,6,9,18H2,2-5H3. The van der Waals surface area contributed by atoms with Crippen molar-refractivity contribution in [1.29, 1.82) is 0 Å². The molecule has 0 fully saturated rings. The van der Waals surface area contributed by atoms with Crippen LogP contribution in [0.1, 0.15) is 43.4 Å². The van der Waals surface area contributed by atoms with Crippen LogP contribution >= 0.6 is 0 Å². The van der Waals surface area contributed by atoms with Gasteiger partial charge in [0.2, 0.25) is 0 Å². The molecule has 0 spiro atoms. The van der Waals surface area contributed by atoms with Gasteiger partial charge in [0.15, 0.2) is 5.79 Å². The highest BCUT2D eigenvalue weighted by Gasteiger charge is 2.22. The Labute approximate surface area is 115 Å². The van der Waals surface area contributed by atoms with Crippen LogP contribution in [0.15, 0.2) is 35.3 Å². The molecule has 0 aliphatic rings. The number of alkyl halides is 1. The number of aliphatic imine (C=N–C) groups is 1. The molecule has 19 heavy (non-hydrogen) atoms. The van der Waals surface area contributed by atoms with E-state index in [1.807, 2.05) is 26.0 Å². The molecule has 0 heterocycles. The van der Waals surface area contributed by atoms with Crippen LogP contribution in [0.3, 0.4) is 0 Å². The van der Waals surface area contributed by atoms with E-state index in [0.29, 0.717) is 5.56 Å². The Balaban J connectivity index is 3.10. The van der Waals surface area contributed by atoms with E-state index in [1.165, 1.54) is 6.92 Å². The van der Waals surface area contributed by atoms with Gasteiger partial charge in [0.05, 0.1) is 0 Å². The third-order valence-corrected chi connectivity index (χ3v) is 3.16. The van der Waals surface area contributed by atoms with Gasteiger partial charge in [0, 0.05) is 18.3 Å². The number of rotatable bonds is 5. The second kappa shape index (κ2) is 6.11. The van der Waals surface area contributed by atoms with Crippen LogP contribution in [-0.2, 0) is 5.79 Å². The van der Waals surface area contributed by atoms with Crippen molar-refractivity contribution in [2.75, 3.05) is 7.05 Å². The van der Waals surface area contributed by atoms with Gasteiger partial charge in [-0.1, -0.05) is 17.7 Å². The molecule has 2 nitrogen and oxygen atoms in total. The number of benzene rings is 1. The van der Waals surface area contributed by atoms with E-state index in [9.17, 15) is 4.39 Å². The molecule has 0 aliphatic carbocycles. The van der Waals surface area contributed by atoms with Gasteiger partial charge in [-0.15, -0.1) is 6.58 Å². The van der Waals surface area contributed by atoms with E-state index in [-0.39, 0.29) is 0 Å². The van der Waals surface area contributed by atoms with Gasteiger partial charge in [-0.2, -0.15) is 0 Å². The zero-order chi connectivity index (χ0) is 14.6. The van der Waals surface area contributed by atoms with Crippen molar-refractivity contribution < 1.29 is 4.39 Å². The lowest BCUT2D eigenvalue weighted by molar-refractivity contribution is 0.202. The molecule has 0 saturated heterocycles. The first-order valence-corrected chi connectivity index (χ1v) is 6.45. The van der Waals surface area contributed by atoms with Crippen molar-refractivity contribution in [2.24, 2.45) is 10.7 Å². The highest BCUT2D eigenvalue weighted by molar-refractivity contribution is 6.00. The van der Waals surface area contributed by atoms with E-state index in [4.69, 9.17) is 5.73 Å². The van der Waals surface area contributed by atoms with Gasteiger partial charge in [0.25, 0.3) is 0 Å². The third-order valence-electron chi connectivity index (χ3n) is 3.16. The quantitative estimate of drug-likeness (QED) is 0.488. The van der Waals surface area contributed by atoms with E-state index in [0.717, 1.165) is 35.3 Å². The van der Waals surface area contributed by atoms with Crippen molar-refractivity contribution in [3.05, 3.63) is 47.0 Å². The van der Waals surface area contributed by atoms with Crippen LogP contribution in [0, 0.1) is 6.92 Å². The first-order valence-electron chi connectivity index (χ1n) is 6.45. The maximum Gasteiger partial charge on any atom is 0.182 e. The predicted molar refractivity (Wildman–Crippen MR) is 80.3 cm³/mol. The molecular formula is C16H23FN2. The van der Waals surface area contributed by atoms with Crippen molar-refractivity contribution in [1.82, 2.24) is 0 Å². The van der Waals surface area contributed by atoms with Crippen molar-refractivity contribution in [3.8, 4) is 0 Å². The minimum Gasteiger partial charge on any atom is -0.296 e. The molecule has 1 aromatic carbocycles. The number of aryl methyl sites for hydroxylation is 1. The molecule has 0 saturated carbocycles. The molecule has 0 aliphatic heterocycles. The summed E-state index contributed by atoms with van der Waals surface area (Å²) in [7, 11) is 1.75. The maximum absolute atomic E-state index is 14.0. The predicted octanol–water partition coefficient (Wildman–Crippen LogP) is 3.87. The summed E-state index contributed by atoms with van der Waals surface area (Å²) in [4.78, 5) is 4.30. The molecule has 0 bridgehead atoms. The number of halogens is 1. The van der Waals surface area contributed by atoms with Gasteiger partial charge in [0.1, 0.15) is 0 Å². The molecular weight excluding hydrogens is 239 g/mol. The molecule has 1 aromatic rings. The Bertz CT molecular complexity index is 496. The highest BCUT2D eigenvalue weighted by atomic mass is 19.1. The fraction of sp³-hybridized carbons (Fsp3) is 0.438. The third kappa shape index (κ3) is 4.28. The fourth-order valence-electron chi connectivity index (χ4n) is 2.05. The summed E-state index contributed by atoms with van der Waals surface area (Å²) in [6.45, 7) is 9.12. The van der Waals surface area contributed by atoms with Crippen molar-refractivity contribution >= 4 is 5.71 Å². The van der Waals surface area contributed by atoms with Crippen LogP contribution in [0.5, 0.6) is 0 Å². The minimum absolute atomic E-state index is 0.515. The van der Waals surface area contributed by atoms with Crippen LogP contribution < -0.4 is 5.73 Å². The van der Waals surface area contributed by atoms with Gasteiger partial charge < -0.3 is 0 Å². The summed E-state index contributed by atoms with van der Waals surface area (Å²) in [5, 5.41) is 0. The highest BCUT2D eigenvalue weighted by Crippen LogP contribution is 2.25. The number of hydrogen-bond donors (Lipinski definition) is 1. The number of nitrogens with two attached hydrogens (primary N) is 1. The maximum atomic E-state index is 14.0. The topological polar surface area (TPSA) is 38.4 Å². The molecule has 104 valence electrons. The van der Waals surface area contributed by atoms with E-state index >= 15 is 0 Å². The van der Waals surface area contributed by atoms with Crippen LogP contribution in [-0.4, -0.2) is 12.8 Å². The van der Waals surface area contributed by atoms with Gasteiger partial charge in [-0.3, -0.25) is 10.7 Å². The zero-order valence-corrected chi connectivity index (χ0v) is 12.3. The van der Waals surface area contributed by atoms with E-state index in [1.54, 1.807) is 13.1 Å². The first-order chi connectivity index (χ1) is 8.75. The summed E-state index contributed by atoms with van der Waals surface area (Å²) in [6.07, 6.45) is 1.69. The minimum atomic E-state index is -1.83. The smallest absolute Gasteiger partial charge is 0.182 e. The van der Waals surface area contributed by atoms with Crippen molar-refractivity contribution in [3.63, 3.8) is 0 Å². The molecule has 0 radical (unpaired) electrons. The second-order valence-electron chi connectivity index (χ2n) is 5.23. The Morgan fingerprint density at radius 2 is 2.05 bits per heavy atom.